The third-order valence-corrected chi connectivity index (χ3v) is 2.80. The van der Waals surface area contributed by atoms with Crippen molar-refractivity contribution in [1.29, 1.82) is 0 Å². The van der Waals surface area contributed by atoms with Crippen molar-refractivity contribution in [3.63, 3.8) is 0 Å². The summed E-state index contributed by atoms with van der Waals surface area (Å²) in [5.74, 6) is -1.80. The molecule has 0 fully saturated rings. The van der Waals surface area contributed by atoms with E-state index in [4.69, 9.17) is 10.2 Å². The Kier molecular flexibility index (Phi) is 8.35. The fourth-order valence-corrected chi connectivity index (χ4v) is 1.60. The molecule has 0 aromatic rings. The third kappa shape index (κ3) is 9.18. The first-order chi connectivity index (χ1) is 9.22. The minimum absolute atomic E-state index is 0.0636. The van der Waals surface area contributed by atoms with Crippen LogP contribution in [0.5, 0.6) is 0 Å². The van der Waals surface area contributed by atoms with Gasteiger partial charge in [-0.1, -0.05) is 13.8 Å². The van der Waals surface area contributed by atoms with Crippen LogP contribution in [0.2, 0.25) is 0 Å². The number of amides is 2. The highest BCUT2D eigenvalue weighted by molar-refractivity contribution is 5.83. The molecule has 116 valence electrons. The summed E-state index contributed by atoms with van der Waals surface area (Å²) in [6, 6.07) is -1.84. The van der Waals surface area contributed by atoms with E-state index < -0.39 is 24.0 Å². The molecular formula is C13H24N2O5. The summed E-state index contributed by atoms with van der Waals surface area (Å²) in [4.78, 5) is 33.0. The van der Waals surface area contributed by atoms with E-state index >= 15 is 0 Å². The topological polar surface area (TPSA) is 116 Å². The van der Waals surface area contributed by atoms with E-state index in [1.165, 1.54) is 0 Å². The summed E-state index contributed by atoms with van der Waals surface area (Å²) in [5, 5.41) is 22.4. The number of carboxylic acid groups (broad SMARTS) is 2. The van der Waals surface area contributed by atoms with Crippen LogP contribution >= 0.6 is 0 Å². The van der Waals surface area contributed by atoms with Gasteiger partial charge in [-0.05, 0) is 32.1 Å². The van der Waals surface area contributed by atoms with Crippen LogP contribution in [0.3, 0.4) is 0 Å². The van der Waals surface area contributed by atoms with Crippen molar-refractivity contribution in [3.8, 4) is 0 Å². The van der Waals surface area contributed by atoms with Gasteiger partial charge in [0, 0.05) is 12.5 Å². The lowest BCUT2D eigenvalue weighted by Crippen LogP contribution is -2.48. The molecule has 4 N–H and O–H groups in total. The van der Waals surface area contributed by atoms with Gasteiger partial charge in [-0.2, -0.15) is 0 Å². The molecule has 0 aromatic carbocycles. The summed E-state index contributed by atoms with van der Waals surface area (Å²) in [6.45, 7) is 6.01. The van der Waals surface area contributed by atoms with Gasteiger partial charge in [0.05, 0.1) is 0 Å². The molecule has 7 nitrogen and oxygen atoms in total. The van der Waals surface area contributed by atoms with E-state index in [1.54, 1.807) is 0 Å². The molecule has 7 heteroatoms. The standard InChI is InChI=1S/C13H24N2O5/c1-8(2)4-5-9(3)14-13(20)15-10(12(18)19)6-7-11(16)17/h8-10H,4-7H2,1-3H3,(H,16,17)(H,18,19)(H2,14,15,20)/t9?,10-/m0/s1. The van der Waals surface area contributed by atoms with Crippen molar-refractivity contribution in [2.24, 2.45) is 5.92 Å². The second kappa shape index (κ2) is 9.17. The molecule has 0 bridgehead atoms. The van der Waals surface area contributed by atoms with Gasteiger partial charge in [0.2, 0.25) is 0 Å². The Morgan fingerprint density at radius 1 is 0.950 bits per heavy atom. The number of aliphatic carboxylic acids is 2. The van der Waals surface area contributed by atoms with Crippen LogP contribution < -0.4 is 10.6 Å². The molecule has 1 unspecified atom stereocenters. The van der Waals surface area contributed by atoms with E-state index in [1.807, 2.05) is 6.92 Å². The highest BCUT2D eigenvalue weighted by atomic mass is 16.4. The van der Waals surface area contributed by atoms with Gasteiger partial charge in [-0.25, -0.2) is 9.59 Å². The number of carbonyl (C=O) groups excluding carboxylic acids is 1. The average molecular weight is 288 g/mol. The van der Waals surface area contributed by atoms with E-state index in [2.05, 4.69) is 24.5 Å². The Labute approximate surface area is 118 Å². The van der Waals surface area contributed by atoms with Crippen LogP contribution in [-0.4, -0.2) is 40.3 Å². The molecule has 0 aromatic heterocycles. The summed E-state index contributed by atoms with van der Waals surface area (Å²) >= 11 is 0. The Morgan fingerprint density at radius 3 is 2.00 bits per heavy atom. The van der Waals surface area contributed by atoms with Gasteiger partial charge in [0.1, 0.15) is 6.04 Å². The van der Waals surface area contributed by atoms with Crippen molar-refractivity contribution in [3.05, 3.63) is 0 Å². The normalized spacial score (nSPS) is 13.6. The smallest absolute Gasteiger partial charge is 0.326 e. The van der Waals surface area contributed by atoms with Gasteiger partial charge in [0.15, 0.2) is 0 Å². The largest absolute Gasteiger partial charge is 0.481 e. The lowest BCUT2D eigenvalue weighted by molar-refractivity contribution is -0.140. The first-order valence-corrected chi connectivity index (χ1v) is 6.74. The molecule has 0 aliphatic rings. The van der Waals surface area contributed by atoms with Crippen molar-refractivity contribution in [1.82, 2.24) is 10.6 Å². The molecule has 20 heavy (non-hydrogen) atoms. The molecule has 2 amide bonds. The lowest BCUT2D eigenvalue weighted by atomic mass is 10.0. The van der Waals surface area contributed by atoms with Crippen LogP contribution in [0.25, 0.3) is 0 Å². The number of carbonyl (C=O) groups is 3. The molecule has 0 aliphatic heterocycles. The maximum absolute atomic E-state index is 11.6. The lowest BCUT2D eigenvalue weighted by Gasteiger charge is -2.18. The second-order valence-corrected chi connectivity index (χ2v) is 5.31. The summed E-state index contributed by atoms with van der Waals surface area (Å²) in [7, 11) is 0. The van der Waals surface area contributed by atoms with Crippen molar-refractivity contribution >= 4 is 18.0 Å². The van der Waals surface area contributed by atoms with E-state index in [9.17, 15) is 14.4 Å². The predicted octanol–water partition coefficient (Wildman–Crippen LogP) is 1.43. The van der Waals surface area contributed by atoms with E-state index in [-0.39, 0.29) is 18.9 Å². The quantitative estimate of drug-likeness (QED) is 0.512. The molecule has 0 saturated carbocycles. The van der Waals surface area contributed by atoms with Gasteiger partial charge in [-0.3, -0.25) is 4.79 Å². The predicted molar refractivity (Wildman–Crippen MR) is 73.5 cm³/mol. The number of carboxylic acids is 2. The highest BCUT2D eigenvalue weighted by Crippen LogP contribution is 2.06. The maximum atomic E-state index is 11.6. The minimum Gasteiger partial charge on any atom is -0.481 e. The molecule has 0 aliphatic carbocycles. The van der Waals surface area contributed by atoms with Gasteiger partial charge < -0.3 is 20.8 Å². The molecular weight excluding hydrogens is 264 g/mol. The van der Waals surface area contributed by atoms with Gasteiger partial charge in [0.25, 0.3) is 0 Å². The first kappa shape index (κ1) is 18.2. The third-order valence-electron chi connectivity index (χ3n) is 2.80. The first-order valence-electron chi connectivity index (χ1n) is 6.74. The zero-order chi connectivity index (χ0) is 15.7. The summed E-state index contributed by atoms with van der Waals surface area (Å²) in [6.07, 6.45) is 1.32. The monoisotopic (exact) mass is 288 g/mol. The summed E-state index contributed by atoms with van der Waals surface area (Å²) < 4.78 is 0. The fraction of sp³-hybridized carbons (Fsp3) is 0.769. The van der Waals surface area contributed by atoms with E-state index in [0.717, 1.165) is 12.8 Å². The molecule has 0 saturated heterocycles. The number of rotatable bonds is 9. The molecule has 0 rings (SSSR count). The Bertz CT molecular complexity index is 344. The fourth-order valence-electron chi connectivity index (χ4n) is 1.60. The Morgan fingerprint density at radius 2 is 1.55 bits per heavy atom. The number of hydrogen-bond donors (Lipinski definition) is 4. The van der Waals surface area contributed by atoms with Crippen LogP contribution in [0.4, 0.5) is 4.79 Å². The molecule has 0 radical (unpaired) electrons. The SMILES string of the molecule is CC(C)CCC(C)NC(=O)N[C@@H](CCC(=O)O)C(=O)O. The average Bonchev–Trinajstić information content (AvgIpc) is 2.31. The number of nitrogens with one attached hydrogen (secondary N) is 2. The van der Waals surface area contributed by atoms with E-state index in [0.29, 0.717) is 5.92 Å². The van der Waals surface area contributed by atoms with Crippen molar-refractivity contribution in [2.75, 3.05) is 0 Å². The minimum atomic E-state index is -1.24. The molecule has 0 spiro atoms. The van der Waals surface area contributed by atoms with Crippen LogP contribution in [0, 0.1) is 5.92 Å². The van der Waals surface area contributed by atoms with Gasteiger partial charge >= 0.3 is 18.0 Å². The number of hydrogen-bond acceptors (Lipinski definition) is 3. The van der Waals surface area contributed by atoms with Crippen LogP contribution in [0.15, 0.2) is 0 Å². The highest BCUT2D eigenvalue weighted by Gasteiger charge is 2.21. The number of urea groups is 1. The second-order valence-electron chi connectivity index (χ2n) is 5.31. The molecule has 0 heterocycles. The molecule has 2 atom stereocenters. The summed E-state index contributed by atoms with van der Waals surface area (Å²) in [5.41, 5.74) is 0. The van der Waals surface area contributed by atoms with Crippen molar-refractivity contribution in [2.45, 2.75) is 58.5 Å². The van der Waals surface area contributed by atoms with Crippen LogP contribution in [0.1, 0.15) is 46.5 Å². The zero-order valence-corrected chi connectivity index (χ0v) is 12.2. The Balaban J connectivity index is 4.18. The van der Waals surface area contributed by atoms with Crippen molar-refractivity contribution < 1.29 is 24.6 Å². The van der Waals surface area contributed by atoms with Gasteiger partial charge in [-0.15, -0.1) is 0 Å². The Hall–Kier alpha value is -1.79. The zero-order valence-electron chi connectivity index (χ0n) is 12.2. The maximum Gasteiger partial charge on any atom is 0.326 e. The van der Waals surface area contributed by atoms with Crippen LogP contribution in [-0.2, 0) is 9.59 Å².